The van der Waals surface area contributed by atoms with E-state index in [2.05, 4.69) is 42.8 Å². The molecule has 3 unspecified atom stereocenters. The van der Waals surface area contributed by atoms with Gasteiger partial charge in [-0.25, -0.2) is 0 Å². The van der Waals surface area contributed by atoms with Crippen molar-refractivity contribution in [3.63, 3.8) is 0 Å². The third kappa shape index (κ3) is 3.30. The summed E-state index contributed by atoms with van der Waals surface area (Å²) in [5, 5.41) is 7.23. The van der Waals surface area contributed by atoms with Gasteiger partial charge < -0.3 is 4.90 Å². The number of piperidine rings is 1. The average Bonchev–Trinajstić information content (AvgIpc) is 3.14. The topological polar surface area (TPSA) is 52.2 Å². The predicted octanol–water partition coefficient (Wildman–Crippen LogP) is 3.01. The Kier molecular flexibility index (Phi) is 4.76. The van der Waals surface area contributed by atoms with Crippen molar-refractivity contribution in [1.29, 1.82) is 0 Å². The molecule has 0 aromatic carbocycles. The SMILES string of the molecule is CC(C)c1cc(C(=O)N2CCCC(N3C(C)CCC3C)C2)n[nH]1. The fraction of sp³-hybridized carbons (Fsp3) is 0.778. The smallest absolute Gasteiger partial charge is 0.274 e. The van der Waals surface area contributed by atoms with Gasteiger partial charge in [-0.15, -0.1) is 0 Å². The summed E-state index contributed by atoms with van der Waals surface area (Å²) in [6.07, 6.45) is 4.86. The van der Waals surface area contributed by atoms with Crippen LogP contribution in [0.1, 0.15) is 75.5 Å². The standard InChI is InChI=1S/C18H30N4O/c1-12(2)16-10-17(20-19-16)18(23)21-9-5-6-15(11-21)22-13(3)7-8-14(22)4/h10,12-15H,5-9,11H2,1-4H3,(H,19,20). The van der Waals surface area contributed by atoms with Crippen molar-refractivity contribution in [3.05, 3.63) is 17.5 Å². The fourth-order valence-electron chi connectivity index (χ4n) is 4.22. The van der Waals surface area contributed by atoms with E-state index < -0.39 is 0 Å². The normalized spacial score (nSPS) is 29.4. The van der Waals surface area contributed by atoms with Crippen LogP contribution in [0.25, 0.3) is 0 Å². The van der Waals surface area contributed by atoms with Crippen LogP contribution in [-0.4, -0.2) is 57.1 Å². The fourth-order valence-corrected chi connectivity index (χ4v) is 4.22. The van der Waals surface area contributed by atoms with Crippen molar-refractivity contribution >= 4 is 5.91 Å². The van der Waals surface area contributed by atoms with E-state index in [0.29, 0.717) is 29.7 Å². The Bertz CT molecular complexity index is 543. The van der Waals surface area contributed by atoms with E-state index in [4.69, 9.17) is 0 Å². The van der Waals surface area contributed by atoms with Crippen molar-refractivity contribution in [2.24, 2.45) is 0 Å². The summed E-state index contributed by atoms with van der Waals surface area (Å²) >= 11 is 0. The number of carbonyl (C=O) groups excluding carboxylic acids is 1. The summed E-state index contributed by atoms with van der Waals surface area (Å²) in [4.78, 5) is 17.4. The monoisotopic (exact) mass is 318 g/mol. The molecule has 1 N–H and O–H groups in total. The van der Waals surface area contributed by atoms with Crippen molar-refractivity contribution in [1.82, 2.24) is 20.0 Å². The molecule has 0 spiro atoms. The summed E-state index contributed by atoms with van der Waals surface area (Å²) in [6.45, 7) is 10.6. The Hall–Kier alpha value is -1.36. The number of amides is 1. The molecule has 3 atom stereocenters. The number of nitrogens with zero attached hydrogens (tertiary/aromatic N) is 3. The predicted molar refractivity (Wildman–Crippen MR) is 91.6 cm³/mol. The Morgan fingerprint density at radius 3 is 2.57 bits per heavy atom. The molecule has 2 aliphatic rings. The summed E-state index contributed by atoms with van der Waals surface area (Å²) < 4.78 is 0. The van der Waals surface area contributed by atoms with Crippen LogP contribution in [0.3, 0.4) is 0 Å². The Morgan fingerprint density at radius 1 is 1.26 bits per heavy atom. The minimum atomic E-state index is 0.0809. The zero-order chi connectivity index (χ0) is 16.6. The summed E-state index contributed by atoms with van der Waals surface area (Å²) in [7, 11) is 0. The Morgan fingerprint density at radius 2 is 1.96 bits per heavy atom. The van der Waals surface area contributed by atoms with Crippen LogP contribution >= 0.6 is 0 Å². The molecule has 0 saturated carbocycles. The van der Waals surface area contributed by atoms with Gasteiger partial charge in [-0.05, 0) is 51.5 Å². The van der Waals surface area contributed by atoms with Gasteiger partial charge in [0, 0.05) is 36.9 Å². The van der Waals surface area contributed by atoms with E-state index in [1.807, 2.05) is 11.0 Å². The first-order chi connectivity index (χ1) is 11.0. The number of H-pyrrole nitrogens is 1. The van der Waals surface area contributed by atoms with Crippen LogP contribution in [0.2, 0.25) is 0 Å². The average molecular weight is 318 g/mol. The summed E-state index contributed by atoms with van der Waals surface area (Å²) in [6, 6.07) is 3.70. The second kappa shape index (κ2) is 6.63. The summed E-state index contributed by atoms with van der Waals surface area (Å²) in [5.41, 5.74) is 1.60. The zero-order valence-corrected chi connectivity index (χ0v) is 14.9. The number of aromatic amines is 1. The van der Waals surface area contributed by atoms with Gasteiger partial charge in [0.2, 0.25) is 0 Å². The molecule has 5 heteroatoms. The molecule has 3 heterocycles. The van der Waals surface area contributed by atoms with Crippen LogP contribution in [0.5, 0.6) is 0 Å². The highest BCUT2D eigenvalue weighted by Crippen LogP contribution is 2.30. The third-order valence-corrected chi connectivity index (χ3v) is 5.56. The number of likely N-dealkylation sites (tertiary alicyclic amines) is 2. The Balaban J connectivity index is 1.69. The quantitative estimate of drug-likeness (QED) is 0.932. The molecule has 5 nitrogen and oxygen atoms in total. The van der Waals surface area contributed by atoms with Crippen molar-refractivity contribution in [3.8, 4) is 0 Å². The van der Waals surface area contributed by atoms with Gasteiger partial charge in [-0.3, -0.25) is 14.8 Å². The first kappa shape index (κ1) is 16.5. The lowest BCUT2D eigenvalue weighted by Crippen LogP contribution is -2.52. The molecule has 0 aliphatic carbocycles. The molecule has 2 saturated heterocycles. The van der Waals surface area contributed by atoms with Crippen LogP contribution in [-0.2, 0) is 0 Å². The molecule has 2 fully saturated rings. The van der Waals surface area contributed by atoms with Crippen molar-refractivity contribution in [2.45, 2.75) is 77.4 Å². The van der Waals surface area contributed by atoms with Gasteiger partial charge in [0.15, 0.2) is 0 Å². The molecule has 2 aliphatic heterocycles. The van der Waals surface area contributed by atoms with Crippen molar-refractivity contribution < 1.29 is 4.79 Å². The lowest BCUT2D eigenvalue weighted by Gasteiger charge is -2.41. The largest absolute Gasteiger partial charge is 0.336 e. The molecular weight excluding hydrogens is 288 g/mol. The van der Waals surface area contributed by atoms with E-state index in [1.165, 1.54) is 19.3 Å². The minimum absolute atomic E-state index is 0.0809. The molecule has 1 aromatic rings. The molecule has 0 radical (unpaired) electrons. The van der Waals surface area contributed by atoms with Crippen molar-refractivity contribution in [2.75, 3.05) is 13.1 Å². The number of nitrogens with one attached hydrogen (secondary N) is 1. The molecule has 1 amide bonds. The molecular formula is C18H30N4O. The van der Waals surface area contributed by atoms with Crippen LogP contribution in [0, 0.1) is 0 Å². The highest BCUT2D eigenvalue weighted by molar-refractivity contribution is 5.92. The maximum absolute atomic E-state index is 12.8. The highest BCUT2D eigenvalue weighted by atomic mass is 16.2. The molecule has 0 bridgehead atoms. The van der Waals surface area contributed by atoms with E-state index in [9.17, 15) is 4.79 Å². The third-order valence-electron chi connectivity index (χ3n) is 5.56. The Labute approximate surface area is 139 Å². The van der Waals surface area contributed by atoms with Gasteiger partial charge in [-0.2, -0.15) is 5.10 Å². The van der Waals surface area contributed by atoms with E-state index in [1.54, 1.807) is 0 Å². The number of carbonyl (C=O) groups is 1. The van der Waals surface area contributed by atoms with E-state index in [-0.39, 0.29) is 5.91 Å². The van der Waals surface area contributed by atoms with Gasteiger partial charge in [0.25, 0.3) is 5.91 Å². The number of hydrogen-bond donors (Lipinski definition) is 1. The van der Waals surface area contributed by atoms with Crippen LogP contribution in [0.4, 0.5) is 0 Å². The lowest BCUT2D eigenvalue weighted by atomic mass is 10.0. The van der Waals surface area contributed by atoms with Gasteiger partial charge in [0.05, 0.1) is 0 Å². The summed E-state index contributed by atoms with van der Waals surface area (Å²) in [5.74, 6) is 0.446. The van der Waals surface area contributed by atoms with Gasteiger partial charge in [0.1, 0.15) is 5.69 Å². The number of hydrogen-bond acceptors (Lipinski definition) is 3. The van der Waals surface area contributed by atoms with E-state index in [0.717, 1.165) is 25.2 Å². The molecule has 1 aromatic heterocycles. The first-order valence-corrected chi connectivity index (χ1v) is 9.09. The molecule has 23 heavy (non-hydrogen) atoms. The zero-order valence-electron chi connectivity index (χ0n) is 14.9. The highest BCUT2D eigenvalue weighted by Gasteiger charge is 2.36. The van der Waals surface area contributed by atoms with Gasteiger partial charge in [-0.1, -0.05) is 13.8 Å². The van der Waals surface area contributed by atoms with Crippen LogP contribution < -0.4 is 0 Å². The maximum atomic E-state index is 12.8. The second-order valence-corrected chi connectivity index (χ2v) is 7.63. The molecule has 3 rings (SSSR count). The second-order valence-electron chi connectivity index (χ2n) is 7.63. The minimum Gasteiger partial charge on any atom is -0.336 e. The van der Waals surface area contributed by atoms with E-state index >= 15 is 0 Å². The maximum Gasteiger partial charge on any atom is 0.274 e. The lowest BCUT2D eigenvalue weighted by molar-refractivity contribution is 0.0482. The molecule has 128 valence electrons. The van der Waals surface area contributed by atoms with Crippen LogP contribution in [0.15, 0.2) is 6.07 Å². The number of rotatable bonds is 3. The first-order valence-electron chi connectivity index (χ1n) is 9.09. The van der Waals surface area contributed by atoms with Gasteiger partial charge >= 0.3 is 0 Å². The number of aromatic nitrogens is 2.